The summed E-state index contributed by atoms with van der Waals surface area (Å²) in [5.41, 5.74) is 2.97. The summed E-state index contributed by atoms with van der Waals surface area (Å²) in [5, 5.41) is 2.67. The second-order valence-corrected chi connectivity index (χ2v) is 7.63. The maximum atomic E-state index is 12.5. The molecule has 3 saturated heterocycles. The van der Waals surface area contributed by atoms with Crippen molar-refractivity contribution in [1.29, 1.82) is 0 Å². The predicted octanol–water partition coefficient (Wildman–Crippen LogP) is 1.68. The van der Waals surface area contributed by atoms with Gasteiger partial charge in [-0.1, -0.05) is 13.8 Å². The van der Waals surface area contributed by atoms with Gasteiger partial charge in [0.25, 0.3) is 17.7 Å². The fourth-order valence-electron chi connectivity index (χ4n) is 3.76. The first-order valence-corrected chi connectivity index (χ1v) is 8.78. The second kappa shape index (κ2) is 5.14. The summed E-state index contributed by atoms with van der Waals surface area (Å²) < 4.78 is 5.67. The minimum Gasteiger partial charge on any atom is -0.373 e. The third-order valence-electron chi connectivity index (χ3n) is 4.95. The Morgan fingerprint density at radius 3 is 2.39 bits per heavy atom. The number of nitrogens with one attached hydrogen (secondary N) is 1. The average Bonchev–Trinajstić information content (AvgIpc) is 3.26. The topological polar surface area (TPSA) is 75.7 Å². The first-order chi connectivity index (χ1) is 11.0. The lowest BCUT2D eigenvalue weighted by Gasteiger charge is -2.17. The van der Waals surface area contributed by atoms with Crippen LogP contribution in [0.15, 0.2) is 11.4 Å². The SMILES string of the molecule is CC(C)c1cc(C(=O)NN2C(=O)[C@@H]3[C@@H](C2=O)[C@H]2CC[C@@H]3O2)cs1. The molecule has 0 aliphatic carbocycles. The summed E-state index contributed by atoms with van der Waals surface area (Å²) in [6.45, 7) is 4.11. The molecule has 1 aromatic rings. The zero-order valence-electron chi connectivity index (χ0n) is 12.9. The molecule has 6 nitrogen and oxygen atoms in total. The Morgan fingerprint density at radius 1 is 1.26 bits per heavy atom. The number of amides is 3. The third-order valence-corrected chi connectivity index (χ3v) is 6.18. The van der Waals surface area contributed by atoms with Gasteiger partial charge in [0.05, 0.1) is 29.6 Å². The van der Waals surface area contributed by atoms with E-state index in [1.165, 1.54) is 11.3 Å². The fourth-order valence-corrected chi connectivity index (χ4v) is 4.67. The molecule has 3 amide bonds. The number of ether oxygens (including phenoxy) is 1. The quantitative estimate of drug-likeness (QED) is 0.853. The Bertz CT molecular complexity index is 670. The number of hydrogen-bond donors (Lipinski definition) is 1. The number of nitrogens with zero attached hydrogens (tertiary/aromatic N) is 1. The van der Waals surface area contributed by atoms with E-state index in [-0.39, 0.29) is 24.0 Å². The van der Waals surface area contributed by atoms with Crippen LogP contribution in [0.25, 0.3) is 0 Å². The van der Waals surface area contributed by atoms with E-state index in [1.54, 1.807) is 5.38 Å². The molecule has 3 fully saturated rings. The van der Waals surface area contributed by atoms with Gasteiger partial charge in [-0.3, -0.25) is 19.8 Å². The Balaban J connectivity index is 1.51. The van der Waals surface area contributed by atoms with Gasteiger partial charge in [0.2, 0.25) is 0 Å². The molecular weight excluding hydrogens is 316 g/mol. The van der Waals surface area contributed by atoms with E-state index in [2.05, 4.69) is 19.3 Å². The van der Waals surface area contributed by atoms with Gasteiger partial charge in [-0.2, -0.15) is 5.01 Å². The minimum absolute atomic E-state index is 0.169. The number of carbonyl (C=O) groups is 3. The Labute approximate surface area is 137 Å². The van der Waals surface area contributed by atoms with Gasteiger partial charge < -0.3 is 4.74 Å². The smallest absolute Gasteiger partial charge is 0.271 e. The number of carbonyl (C=O) groups excluding carboxylic acids is 3. The van der Waals surface area contributed by atoms with Gasteiger partial charge in [0, 0.05) is 10.3 Å². The number of hydrogen-bond acceptors (Lipinski definition) is 5. The van der Waals surface area contributed by atoms with E-state index in [1.807, 2.05) is 6.07 Å². The van der Waals surface area contributed by atoms with Crippen LogP contribution in [0.2, 0.25) is 0 Å². The fraction of sp³-hybridized carbons (Fsp3) is 0.562. The molecule has 4 heterocycles. The summed E-state index contributed by atoms with van der Waals surface area (Å²) in [6.07, 6.45) is 1.29. The molecule has 3 aliphatic heterocycles. The summed E-state index contributed by atoms with van der Waals surface area (Å²) in [6, 6.07) is 1.81. The first-order valence-electron chi connectivity index (χ1n) is 7.90. The molecule has 0 saturated carbocycles. The van der Waals surface area contributed by atoms with Crippen LogP contribution in [0.5, 0.6) is 0 Å². The molecule has 2 bridgehead atoms. The van der Waals surface area contributed by atoms with Crippen LogP contribution in [-0.4, -0.2) is 34.9 Å². The van der Waals surface area contributed by atoms with Gasteiger partial charge in [-0.15, -0.1) is 11.3 Å². The van der Waals surface area contributed by atoms with Crippen molar-refractivity contribution >= 4 is 29.1 Å². The monoisotopic (exact) mass is 334 g/mol. The van der Waals surface area contributed by atoms with E-state index >= 15 is 0 Å². The standard InChI is InChI=1S/C16H18N2O4S/c1-7(2)11-5-8(6-23-11)14(19)17-18-15(20)12-9-3-4-10(22-9)13(12)16(18)21/h5-7,9-10,12-13H,3-4H2,1-2H3,(H,17,19)/t9-,10+,12-,13-/m0/s1. The summed E-state index contributed by atoms with van der Waals surface area (Å²) in [7, 11) is 0. The van der Waals surface area contributed by atoms with Crippen molar-refractivity contribution in [3.8, 4) is 0 Å². The lowest BCUT2D eigenvalue weighted by Crippen LogP contribution is -2.47. The van der Waals surface area contributed by atoms with Gasteiger partial charge in [-0.05, 0) is 24.8 Å². The molecule has 3 aliphatic rings. The normalized spacial score (nSPS) is 32.0. The van der Waals surface area contributed by atoms with Crippen molar-refractivity contribution in [3.63, 3.8) is 0 Å². The largest absolute Gasteiger partial charge is 0.373 e. The van der Waals surface area contributed by atoms with Gasteiger partial charge >= 0.3 is 0 Å². The van der Waals surface area contributed by atoms with E-state index in [4.69, 9.17) is 4.74 Å². The van der Waals surface area contributed by atoms with Gasteiger partial charge in [0.15, 0.2) is 0 Å². The van der Waals surface area contributed by atoms with Gasteiger partial charge in [-0.25, -0.2) is 0 Å². The molecule has 4 rings (SSSR count). The number of hydrazine groups is 1. The zero-order chi connectivity index (χ0) is 16.3. The maximum absolute atomic E-state index is 12.5. The van der Waals surface area contributed by atoms with Crippen molar-refractivity contribution in [1.82, 2.24) is 10.4 Å². The predicted molar refractivity (Wildman–Crippen MR) is 82.6 cm³/mol. The number of fused-ring (bicyclic) bond motifs is 5. The maximum Gasteiger partial charge on any atom is 0.271 e. The average molecular weight is 334 g/mol. The Hall–Kier alpha value is -1.73. The number of thiophene rings is 1. The molecule has 0 radical (unpaired) electrons. The number of rotatable bonds is 3. The molecule has 4 atom stereocenters. The van der Waals surface area contributed by atoms with Gasteiger partial charge in [0.1, 0.15) is 0 Å². The van der Waals surface area contributed by atoms with E-state index in [0.29, 0.717) is 11.5 Å². The van der Waals surface area contributed by atoms with E-state index in [0.717, 1.165) is 22.7 Å². The van der Waals surface area contributed by atoms with Crippen molar-refractivity contribution in [2.45, 2.75) is 44.8 Å². The highest BCUT2D eigenvalue weighted by atomic mass is 32.1. The molecule has 0 unspecified atom stereocenters. The van der Waals surface area contributed by atoms with Crippen LogP contribution in [0, 0.1) is 11.8 Å². The number of imide groups is 1. The highest BCUT2D eigenvalue weighted by molar-refractivity contribution is 7.10. The van der Waals surface area contributed by atoms with Crippen LogP contribution < -0.4 is 5.43 Å². The highest BCUT2D eigenvalue weighted by Gasteiger charge is 2.62. The van der Waals surface area contributed by atoms with Crippen LogP contribution >= 0.6 is 11.3 Å². The molecule has 0 spiro atoms. The van der Waals surface area contributed by atoms with Crippen LogP contribution in [0.4, 0.5) is 0 Å². The van der Waals surface area contributed by atoms with Crippen molar-refractivity contribution < 1.29 is 19.1 Å². The molecule has 1 N–H and O–H groups in total. The molecule has 7 heteroatoms. The summed E-state index contributed by atoms with van der Waals surface area (Å²) in [4.78, 5) is 38.4. The van der Waals surface area contributed by atoms with Crippen molar-refractivity contribution in [2.24, 2.45) is 11.8 Å². The Morgan fingerprint density at radius 2 is 1.87 bits per heavy atom. The third kappa shape index (κ3) is 2.14. The first kappa shape index (κ1) is 14.8. The molecule has 1 aromatic heterocycles. The molecule has 0 aromatic carbocycles. The summed E-state index contributed by atoms with van der Waals surface area (Å²) >= 11 is 1.50. The molecule has 23 heavy (non-hydrogen) atoms. The minimum atomic E-state index is -0.421. The van der Waals surface area contributed by atoms with Crippen molar-refractivity contribution in [2.75, 3.05) is 0 Å². The zero-order valence-corrected chi connectivity index (χ0v) is 13.8. The molecular formula is C16H18N2O4S. The lowest BCUT2D eigenvalue weighted by atomic mass is 9.81. The highest BCUT2D eigenvalue weighted by Crippen LogP contribution is 2.48. The lowest BCUT2D eigenvalue weighted by molar-refractivity contribution is -0.145. The van der Waals surface area contributed by atoms with Crippen molar-refractivity contribution in [3.05, 3.63) is 21.9 Å². The van der Waals surface area contributed by atoms with Crippen LogP contribution in [0.3, 0.4) is 0 Å². The van der Waals surface area contributed by atoms with Crippen LogP contribution in [-0.2, 0) is 14.3 Å². The van der Waals surface area contributed by atoms with Crippen LogP contribution in [0.1, 0.15) is 47.8 Å². The second-order valence-electron chi connectivity index (χ2n) is 6.69. The van der Waals surface area contributed by atoms with E-state index < -0.39 is 17.7 Å². The molecule has 122 valence electrons. The van der Waals surface area contributed by atoms with E-state index in [9.17, 15) is 14.4 Å². The summed E-state index contributed by atoms with van der Waals surface area (Å²) in [5.74, 6) is -1.59. The Kier molecular flexibility index (Phi) is 3.32.